The van der Waals surface area contributed by atoms with Gasteiger partial charge in [0, 0.05) is 22.4 Å². The lowest BCUT2D eigenvalue weighted by Gasteiger charge is -2.35. The highest BCUT2D eigenvalue weighted by Crippen LogP contribution is 2.45. The minimum absolute atomic E-state index is 0.0155. The molecule has 10 heteroatoms. The number of carboxylic acid groups (broad SMARTS) is 1. The molecule has 4 aromatic rings. The summed E-state index contributed by atoms with van der Waals surface area (Å²) in [4.78, 5) is 32.4. The zero-order chi connectivity index (χ0) is 22.6. The van der Waals surface area contributed by atoms with Gasteiger partial charge in [0.25, 0.3) is 5.91 Å². The lowest BCUT2D eigenvalue weighted by atomic mass is 9.93. The topological polar surface area (TPSA) is 119 Å². The lowest BCUT2D eigenvalue weighted by molar-refractivity contribution is 0.0704. The molecule has 4 N–H and O–H groups in total. The number of rotatable bonds is 3. The number of imidazole rings is 1. The number of fused-ring (bicyclic) bond motifs is 2. The minimum Gasteiger partial charge on any atom is -0.465 e. The Labute approximate surface area is 184 Å². The molecule has 3 aromatic carbocycles. The van der Waals surface area contributed by atoms with E-state index in [0.29, 0.717) is 22.2 Å². The van der Waals surface area contributed by atoms with Crippen molar-refractivity contribution in [2.24, 2.45) is 0 Å². The Morgan fingerprint density at radius 3 is 2.69 bits per heavy atom. The predicted octanol–water partition coefficient (Wildman–Crippen LogP) is 4.30. The van der Waals surface area contributed by atoms with Crippen molar-refractivity contribution >= 4 is 46.3 Å². The van der Waals surface area contributed by atoms with Crippen LogP contribution >= 0.6 is 11.6 Å². The first-order valence-electron chi connectivity index (χ1n) is 9.40. The summed E-state index contributed by atoms with van der Waals surface area (Å²) >= 11 is 5.95. The van der Waals surface area contributed by atoms with Crippen molar-refractivity contribution < 1.29 is 24.2 Å². The highest BCUT2D eigenvalue weighted by atomic mass is 35.5. The predicted molar refractivity (Wildman–Crippen MR) is 115 cm³/mol. The molecule has 160 valence electrons. The number of aromatic nitrogens is 2. The molecule has 0 bridgehead atoms. The number of hydrogen-bond acceptors (Lipinski definition) is 4. The molecule has 0 aliphatic carbocycles. The van der Waals surface area contributed by atoms with Crippen LogP contribution in [0.3, 0.4) is 0 Å². The number of nitrogens with one attached hydrogen (secondary N) is 2. The summed E-state index contributed by atoms with van der Waals surface area (Å²) in [7, 11) is 0. The van der Waals surface area contributed by atoms with E-state index in [-0.39, 0.29) is 22.2 Å². The van der Waals surface area contributed by atoms with Gasteiger partial charge in [0.05, 0.1) is 16.1 Å². The van der Waals surface area contributed by atoms with E-state index in [1.807, 2.05) is 0 Å². The number of benzene rings is 3. The monoisotopic (exact) mass is 452 g/mol. The Hall–Kier alpha value is -3.95. The number of carbonyl (C=O) groups excluding carboxylic acids is 1. The second-order valence-electron chi connectivity index (χ2n) is 7.20. The molecular weight excluding hydrogens is 439 g/mol. The Morgan fingerprint density at radius 1 is 1.16 bits per heavy atom. The van der Waals surface area contributed by atoms with Gasteiger partial charge in [-0.15, -0.1) is 0 Å². The number of carbonyl (C=O) groups is 2. The van der Waals surface area contributed by atoms with Gasteiger partial charge < -0.3 is 15.2 Å². The second-order valence-corrected chi connectivity index (χ2v) is 7.61. The molecule has 32 heavy (non-hydrogen) atoms. The molecule has 0 spiro atoms. The number of nitrogens with zero attached hydrogens (tertiary/aromatic N) is 2. The number of amides is 2. The largest absolute Gasteiger partial charge is 0.465 e. The van der Waals surface area contributed by atoms with Crippen molar-refractivity contribution in [3.8, 4) is 0 Å². The van der Waals surface area contributed by atoms with E-state index in [9.17, 15) is 19.1 Å². The Balaban J connectivity index is 1.71. The van der Waals surface area contributed by atoms with Crippen LogP contribution in [0.25, 0.3) is 11.0 Å². The van der Waals surface area contributed by atoms with Gasteiger partial charge in [0.15, 0.2) is 5.72 Å². The third kappa shape index (κ3) is 2.90. The minimum atomic E-state index is -1.94. The maximum Gasteiger partial charge on any atom is 0.411 e. The SMILES string of the molecule is O=C(O)Nc1nc2cc(C3(O)c4ccccc4C(=O)N3c3ccc(F)c(Cl)c3)ccc2[nH]1. The molecule has 8 nitrogen and oxygen atoms in total. The van der Waals surface area contributed by atoms with Crippen molar-refractivity contribution in [2.45, 2.75) is 5.72 Å². The number of H-pyrrole nitrogens is 1. The van der Waals surface area contributed by atoms with Crippen molar-refractivity contribution in [3.05, 3.63) is 88.2 Å². The summed E-state index contributed by atoms with van der Waals surface area (Å²) in [5, 5.41) is 22.8. The molecule has 1 aliphatic rings. The maximum absolute atomic E-state index is 13.8. The highest BCUT2D eigenvalue weighted by molar-refractivity contribution is 6.31. The summed E-state index contributed by atoms with van der Waals surface area (Å²) in [6.07, 6.45) is -1.28. The number of hydrogen-bond donors (Lipinski definition) is 4. The van der Waals surface area contributed by atoms with Crippen molar-refractivity contribution in [1.29, 1.82) is 0 Å². The number of aliphatic hydroxyl groups is 1. The highest BCUT2D eigenvalue weighted by Gasteiger charge is 2.50. The molecule has 0 fully saturated rings. The van der Waals surface area contributed by atoms with Crippen LogP contribution in [0.4, 0.5) is 20.8 Å². The molecule has 2 amide bonds. The van der Waals surface area contributed by atoms with E-state index in [4.69, 9.17) is 16.7 Å². The molecule has 2 heterocycles. The smallest absolute Gasteiger partial charge is 0.411 e. The zero-order valence-corrected chi connectivity index (χ0v) is 16.9. The molecule has 1 atom stereocenters. The van der Waals surface area contributed by atoms with E-state index >= 15 is 0 Å². The normalized spacial score (nSPS) is 17.6. The number of aromatic amines is 1. The fraction of sp³-hybridized carbons (Fsp3) is 0.0455. The van der Waals surface area contributed by atoms with Gasteiger partial charge in [-0.25, -0.2) is 14.2 Å². The third-order valence-corrected chi connectivity index (χ3v) is 5.62. The van der Waals surface area contributed by atoms with Crippen LogP contribution in [-0.4, -0.2) is 32.2 Å². The second kappa shape index (κ2) is 7.04. The average molecular weight is 453 g/mol. The number of anilines is 2. The zero-order valence-electron chi connectivity index (χ0n) is 16.1. The Morgan fingerprint density at radius 2 is 1.94 bits per heavy atom. The van der Waals surface area contributed by atoms with Crippen LogP contribution in [0.1, 0.15) is 21.5 Å². The quantitative estimate of drug-likeness (QED) is 0.369. The first-order valence-corrected chi connectivity index (χ1v) is 9.78. The van der Waals surface area contributed by atoms with Gasteiger partial charge in [-0.05, 0) is 36.4 Å². The van der Waals surface area contributed by atoms with Crippen LogP contribution in [0, 0.1) is 5.82 Å². The van der Waals surface area contributed by atoms with E-state index in [1.54, 1.807) is 42.5 Å². The average Bonchev–Trinajstić information content (AvgIpc) is 3.26. The van der Waals surface area contributed by atoms with Crippen molar-refractivity contribution in [1.82, 2.24) is 9.97 Å². The van der Waals surface area contributed by atoms with E-state index < -0.39 is 23.5 Å². The lowest BCUT2D eigenvalue weighted by Crippen LogP contribution is -2.45. The van der Waals surface area contributed by atoms with Crippen LogP contribution in [0.5, 0.6) is 0 Å². The summed E-state index contributed by atoms with van der Waals surface area (Å²) in [6.45, 7) is 0. The first-order chi connectivity index (χ1) is 15.3. The molecule has 1 aromatic heterocycles. The summed E-state index contributed by atoms with van der Waals surface area (Å²) < 4.78 is 13.8. The molecular formula is C22H14ClFN4O4. The van der Waals surface area contributed by atoms with E-state index in [1.165, 1.54) is 12.1 Å². The molecule has 0 saturated carbocycles. The van der Waals surface area contributed by atoms with Crippen LogP contribution < -0.4 is 10.2 Å². The van der Waals surface area contributed by atoms with E-state index in [0.717, 1.165) is 11.0 Å². The molecule has 1 aliphatic heterocycles. The number of halogens is 2. The van der Waals surface area contributed by atoms with Gasteiger partial charge in [0.2, 0.25) is 5.95 Å². The van der Waals surface area contributed by atoms with Crippen LogP contribution in [0.2, 0.25) is 5.02 Å². The van der Waals surface area contributed by atoms with Gasteiger partial charge >= 0.3 is 6.09 Å². The summed E-state index contributed by atoms with van der Waals surface area (Å²) in [6, 6.07) is 15.1. The van der Waals surface area contributed by atoms with Crippen LogP contribution in [-0.2, 0) is 5.72 Å². The molecule has 0 radical (unpaired) electrons. The fourth-order valence-electron chi connectivity index (χ4n) is 3.96. The van der Waals surface area contributed by atoms with Gasteiger partial charge in [-0.3, -0.25) is 15.0 Å². The summed E-state index contributed by atoms with van der Waals surface area (Å²) in [5.41, 5.74) is 0.0776. The maximum atomic E-state index is 13.8. The fourth-order valence-corrected chi connectivity index (χ4v) is 4.13. The third-order valence-electron chi connectivity index (χ3n) is 5.33. The van der Waals surface area contributed by atoms with Crippen LogP contribution in [0.15, 0.2) is 60.7 Å². The Bertz CT molecular complexity index is 1420. The molecule has 0 saturated heterocycles. The summed E-state index contributed by atoms with van der Waals surface area (Å²) in [5.74, 6) is -1.12. The Kier molecular flexibility index (Phi) is 4.40. The van der Waals surface area contributed by atoms with Crippen molar-refractivity contribution in [2.75, 3.05) is 10.2 Å². The van der Waals surface area contributed by atoms with Gasteiger partial charge in [-0.2, -0.15) is 0 Å². The molecule has 1 unspecified atom stereocenters. The standard InChI is InChI=1S/C22H14ClFN4O4/c23-15-10-12(6-7-16(15)24)28-19(29)13-3-1-2-4-14(13)22(28,32)11-5-8-17-18(9-11)26-20(25-17)27-21(30)31/h1-10,32H,(H,30,31)(H2,25,26,27). The van der Waals surface area contributed by atoms with Gasteiger partial charge in [0.1, 0.15) is 5.82 Å². The van der Waals surface area contributed by atoms with Gasteiger partial charge in [-0.1, -0.05) is 35.9 Å². The van der Waals surface area contributed by atoms with E-state index in [2.05, 4.69) is 15.3 Å². The van der Waals surface area contributed by atoms with Crippen molar-refractivity contribution in [3.63, 3.8) is 0 Å². The first kappa shape index (κ1) is 20.0. The molecule has 5 rings (SSSR count).